The predicted molar refractivity (Wildman–Crippen MR) is 73.3 cm³/mol. The fourth-order valence-electron chi connectivity index (χ4n) is 1.48. The van der Waals surface area contributed by atoms with E-state index in [0.29, 0.717) is 17.6 Å². The first-order chi connectivity index (χ1) is 7.56. The third kappa shape index (κ3) is 2.78. The van der Waals surface area contributed by atoms with Crippen molar-refractivity contribution in [3.63, 3.8) is 0 Å². The minimum Gasteiger partial charge on any atom is -0.398 e. The number of rotatable bonds is 2. The smallest absolute Gasteiger partial charge is 0.319 e. The highest BCUT2D eigenvalue weighted by Crippen LogP contribution is 2.29. The van der Waals surface area contributed by atoms with Crippen LogP contribution in [-0.2, 0) is 0 Å². The zero-order valence-corrected chi connectivity index (χ0v) is 11.1. The zero-order valence-electron chi connectivity index (χ0n) is 8.96. The van der Waals surface area contributed by atoms with Gasteiger partial charge in [0.2, 0.25) is 0 Å². The third-order valence-corrected chi connectivity index (χ3v) is 3.66. The van der Waals surface area contributed by atoms with E-state index in [0.717, 1.165) is 15.7 Å². The van der Waals surface area contributed by atoms with E-state index in [4.69, 9.17) is 5.73 Å². The average molecular weight is 331 g/mol. The topological polar surface area (TPSA) is 67.2 Å². The molecule has 0 aromatic heterocycles. The number of benzene rings is 1. The van der Waals surface area contributed by atoms with E-state index in [2.05, 4.69) is 40.1 Å². The summed E-state index contributed by atoms with van der Waals surface area (Å²) in [4.78, 5) is 11.5. The van der Waals surface area contributed by atoms with E-state index in [9.17, 15) is 4.79 Å². The van der Waals surface area contributed by atoms with Gasteiger partial charge in [0.15, 0.2) is 0 Å². The average Bonchev–Trinajstić information content (AvgIpc) is 2.88. The van der Waals surface area contributed by atoms with Gasteiger partial charge in [-0.1, -0.05) is 6.92 Å². The number of halogens is 1. The maximum absolute atomic E-state index is 11.5. The minimum atomic E-state index is -0.157. The first kappa shape index (κ1) is 11.5. The molecule has 2 unspecified atom stereocenters. The lowest BCUT2D eigenvalue weighted by molar-refractivity contribution is 0.251. The molecule has 1 saturated carbocycles. The molecule has 0 saturated heterocycles. The second-order valence-corrected chi connectivity index (χ2v) is 5.32. The van der Waals surface area contributed by atoms with E-state index in [1.807, 2.05) is 12.1 Å². The molecule has 0 aliphatic heterocycles. The molecule has 1 fully saturated rings. The van der Waals surface area contributed by atoms with Crippen LogP contribution >= 0.6 is 22.6 Å². The highest BCUT2D eigenvalue weighted by atomic mass is 127. The van der Waals surface area contributed by atoms with Crippen molar-refractivity contribution in [3.8, 4) is 0 Å². The molecule has 16 heavy (non-hydrogen) atoms. The van der Waals surface area contributed by atoms with Crippen molar-refractivity contribution in [1.29, 1.82) is 0 Å². The predicted octanol–water partition coefficient (Wildman–Crippen LogP) is 2.40. The van der Waals surface area contributed by atoms with Gasteiger partial charge in [0, 0.05) is 21.0 Å². The summed E-state index contributed by atoms with van der Waals surface area (Å²) in [5.41, 5.74) is 7.16. The van der Waals surface area contributed by atoms with Gasteiger partial charge in [-0.15, -0.1) is 0 Å². The molecule has 0 bridgehead atoms. The first-order valence-electron chi connectivity index (χ1n) is 5.19. The van der Waals surface area contributed by atoms with Crippen LogP contribution in [-0.4, -0.2) is 12.1 Å². The van der Waals surface area contributed by atoms with Gasteiger partial charge in [0.25, 0.3) is 0 Å². The molecule has 0 heterocycles. The van der Waals surface area contributed by atoms with E-state index >= 15 is 0 Å². The molecule has 1 aliphatic carbocycles. The van der Waals surface area contributed by atoms with Gasteiger partial charge in [-0.2, -0.15) is 0 Å². The van der Waals surface area contributed by atoms with Crippen LogP contribution < -0.4 is 16.4 Å². The highest BCUT2D eigenvalue weighted by Gasteiger charge is 2.33. The Balaban J connectivity index is 1.92. The van der Waals surface area contributed by atoms with Crippen molar-refractivity contribution in [2.24, 2.45) is 5.92 Å². The van der Waals surface area contributed by atoms with E-state index in [1.54, 1.807) is 6.07 Å². The van der Waals surface area contributed by atoms with Crippen molar-refractivity contribution < 1.29 is 4.79 Å². The van der Waals surface area contributed by atoms with Crippen LogP contribution in [0.5, 0.6) is 0 Å². The molecule has 2 rings (SSSR count). The Kier molecular flexibility index (Phi) is 3.22. The molecule has 4 N–H and O–H groups in total. The Labute approximate surface area is 108 Å². The number of nitrogens with two attached hydrogens (primary N) is 1. The van der Waals surface area contributed by atoms with Crippen molar-refractivity contribution in [1.82, 2.24) is 5.32 Å². The van der Waals surface area contributed by atoms with Gasteiger partial charge in [0.05, 0.1) is 0 Å². The number of anilines is 2. The Morgan fingerprint density at radius 3 is 2.81 bits per heavy atom. The second kappa shape index (κ2) is 4.48. The lowest BCUT2D eigenvalue weighted by Crippen LogP contribution is -2.31. The minimum absolute atomic E-state index is 0.157. The highest BCUT2D eigenvalue weighted by molar-refractivity contribution is 14.1. The Morgan fingerprint density at radius 1 is 1.56 bits per heavy atom. The third-order valence-electron chi connectivity index (χ3n) is 2.68. The fraction of sp³-hybridized carbons (Fsp3) is 0.364. The van der Waals surface area contributed by atoms with Crippen LogP contribution in [0.3, 0.4) is 0 Å². The van der Waals surface area contributed by atoms with Crippen LogP contribution in [0.4, 0.5) is 16.2 Å². The van der Waals surface area contributed by atoms with Crippen LogP contribution in [0, 0.1) is 9.49 Å². The second-order valence-electron chi connectivity index (χ2n) is 4.15. The van der Waals surface area contributed by atoms with Crippen LogP contribution in [0.25, 0.3) is 0 Å². The Bertz CT molecular complexity index is 422. The Hall–Kier alpha value is -0.980. The number of carbonyl (C=O) groups is 1. The summed E-state index contributed by atoms with van der Waals surface area (Å²) in [6, 6.07) is 5.66. The Morgan fingerprint density at radius 2 is 2.25 bits per heavy atom. The number of hydrogen-bond donors (Lipinski definition) is 3. The molecule has 1 aromatic carbocycles. The summed E-state index contributed by atoms with van der Waals surface area (Å²) in [5, 5.41) is 5.66. The molecule has 2 atom stereocenters. The molecule has 2 amide bonds. The summed E-state index contributed by atoms with van der Waals surface area (Å²) >= 11 is 2.15. The van der Waals surface area contributed by atoms with Gasteiger partial charge >= 0.3 is 6.03 Å². The van der Waals surface area contributed by atoms with Crippen LogP contribution in [0.1, 0.15) is 13.3 Å². The van der Waals surface area contributed by atoms with Gasteiger partial charge in [-0.25, -0.2) is 4.79 Å². The van der Waals surface area contributed by atoms with E-state index < -0.39 is 0 Å². The first-order valence-corrected chi connectivity index (χ1v) is 6.26. The van der Waals surface area contributed by atoms with Gasteiger partial charge in [0.1, 0.15) is 0 Å². The quantitative estimate of drug-likeness (QED) is 0.575. The summed E-state index contributed by atoms with van der Waals surface area (Å²) in [5.74, 6) is 0.604. The molecule has 1 aromatic rings. The van der Waals surface area contributed by atoms with Crippen molar-refractivity contribution in [3.05, 3.63) is 21.8 Å². The fourth-order valence-corrected chi connectivity index (χ4v) is 1.82. The monoisotopic (exact) mass is 331 g/mol. The number of nitrogens with one attached hydrogen (secondary N) is 2. The largest absolute Gasteiger partial charge is 0.398 e. The van der Waals surface area contributed by atoms with Crippen LogP contribution in [0.2, 0.25) is 0 Å². The zero-order chi connectivity index (χ0) is 11.7. The van der Waals surface area contributed by atoms with Crippen molar-refractivity contribution in [2.45, 2.75) is 19.4 Å². The number of hydrogen-bond acceptors (Lipinski definition) is 2. The van der Waals surface area contributed by atoms with Gasteiger partial charge in [-0.3, -0.25) is 0 Å². The number of nitrogen functional groups attached to an aromatic ring is 1. The number of urea groups is 1. The van der Waals surface area contributed by atoms with Gasteiger partial charge < -0.3 is 16.4 Å². The molecular weight excluding hydrogens is 317 g/mol. The lowest BCUT2D eigenvalue weighted by atomic mass is 10.3. The molecule has 4 nitrogen and oxygen atoms in total. The normalized spacial score (nSPS) is 22.6. The molecule has 86 valence electrons. The molecule has 0 spiro atoms. The van der Waals surface area contributed by atoms with Gasteiger partial charge in [-0.05, 0) is 53.1 Å². The maximum atomic E-state index is 11.5. The summed E-state index contributed by atoms with van der Waals surface area (Å²) in [7, 11) is 0. The van der Waals surface area contributed by atoms with Crippen LogP contribution in [0.15, 0.2) is 18.2 Å². The summed E-state index contributed by atoms with van der Waals surface area (Å²) < 4.78 is 0.986. The van der Waals surface area contributed by atoms with E-state index in [1.165, 1.54) is 0 Å². The SMILES string of the molecule is CC1CC1NC(=O)Nc1ccc(I)c(N)c1. The summed E-state index contributed by atoms with van der Waals surface area (Å²) in [6.07, 6.45) is 1.07. The molecule has 0 radical (unpaired) electrons. The number of amides is 2. The van der Waals surface area contributed by atoms with Crippen molar-refractivity contribution in [2.75, 3.05) is 11.1 Å². The molecular formula is C11H14IN3O. The standard InChI is InChI=1S/C11H14IN3O/c1-6-4-10(6)15-11(16)14-7-2-3-8(12)9(13)5-7/h2-3,5-6,10H,4,13H2,1H3,(H2,14,15,16). The molecule has 5 heteroatoms. The lowest BCUT2D eigenvalue weighted by Gasteiger charge is -2.08. The molecule has 1 aliphatic rings. The maximum Gasteiger partial charge on any atom is 0.319 e. The van der Waals surface area contributed by atoms with E-state index in [-0.39, 0.29) is 6.03 Å². The van der Waals surface area contributed by atoms with Crippen molar-refractivity contribution >= 4 is 40.0 Å². The number of carbonyl (C=O) groups excluding carboxylic acids is 1. The summed E-state index contributed by atoms with van der Waals surface area (Å²) in [6.45, 7) is 2.12.